The van der Waals surface area contributed by atoms with E-state index in [1.807, 2.05) is 43.5 Å². The van der Waals surface area contributed by atoms with Gasteiger partial charge in [0.15, 0.2) is 0 Å². The lowest BCUT2D eigenvalue weighted by Crippen LogP contribution is -2.26. The molecule has 0 radical (unpaired) electrons. The molecule has 1 aromatic carbocycles. The number of carbonyl (C=O) groups excluding carboxylic acids is 1. The number of nitrogens with one attached hydrogen (secondary N) is 1. The van der Waals surface area contributed by atoms with Crippen molar-refractivity contribution in [3.05, 3.63) is 57.3 Å². The maximum atomic E-state index is 12.4. The first-order valence-corrected chi connectivity index (χ1v) is 8.71. The van der Waals surface area contributed by atoms with Crippen LogP contribution in [0.4, 0.5) is 0 Å². The second-order valence-corrected chi connectivity index (χ2v) is 6.75. The molecule has 0 atom stereocenters. The van der Waals surface area contributed by atoms with E-state index in [2.05, 4.69) is 15.4 Å². The zero-order valence-corrected chi connectivity index (χ0v) is 15.2. The highest BCUT2D eigenvalue weighted by atomic mass is 35.5. The van der Waals surface area contributed by atoms with Gasteiger partial charge in [0, 0.05) is 23.6 Å². The Morgan fingerprint density at radius 3 is 2.75 bits per heavy atom. The van der Waals surface area contributed by atoms with Crippen LogP contribution >= 0.6 is 22.9 Å². The second-order valence-electron chi connectivity index (χ2n) is 5.49. The highest BCUT2D eigenvalue weighted by molar-refractivity contribution is 7.13. The predicted molar refractivity (Wildman–Crippen MR) is 96.4 cm³/mol. The van der Waals surface area contributed by atoms with Crippen molar-refractivity contribution in [3.8, 4) is 10.6 Å². The van der Waals surface area contributed by atoms with Crippen molar-refractivity contribution in [1.82, 2.24) is 20.1 Å². The van der Waals surface area contributed by atoms with Crippen LogP contribution in [0.1, 0.15) is 27.4 Å². The molecule has 0 fully saturated rings. The van der Waals surface area contributed by atoms with Crippen molar-refractivity contribution in [2.75, 3.05) is 0 Å². The first-order chi connectivity index (χ1) is 11.5. The number of hydrogen-bond acceptors (Lipinski definition) is 4. The Labute approximate surface area is 149 Å². The number of halogens is 1. The first-order valence-electron chi connectivity index (χ1n) is 7.45. The van der Waals surface area contributed by atoms with E-state index in [1.54, 1.807) is 11.7 Å². The van der Waals surface area contributed by atoms with Crippen molar-refractivity contribution in [2.24, 2.45) is 7.05 Å². The summed E-state index contributed by atoms with van der Waals surface area (Å²) in [7, 11) is 1.77. The maximum absolute atomic E-state index is 12.4. The molecule has 0 saturated carbocycles. The number of hydrogen-bond donors (Lipinski definition) is 1. The largest absolute Gasteiger partial charge is 0.345 e. The molecule has 0 aliphatic heterocycles. The minimum atomic E-state index is -0.150. The van der Waals surface area contributed by atoms with E-state index < -0.39 is 0 Å². The molecule has 2 heterocycles. The van der Waals surface area contributed by atoms with E-state index in [-0.39, 0.29) is 5.91 Å². The number of amides is 1. The highest BCUT2D eigenvalue weighted by Crippen LogP contribution is 2.30. The smallest absolute Gasteiger partial charge is 0.270 e. The third kappa shape index (κ3) is 3.20. The third-order valence-corrected chi connectivity index (χ3v) is 5.08. The van der Waals surface area contributed by atoms with Gasteiger partial charge in [0.25, 0.3) is 5.91 Å². The standard InChI is InChI=1S/C17H17ClN4OS/c1-10-11(2)21-22(3)15(10)16(23)19-8-12-9-24-17(20-12)13-6-4-5-7-14(13)18/h4-7,9H,8H2,1-3H3,(H,19,23). The van der Waals surface area contributed by atoms with Gasteiger partial charge in [0.1, 0.15) is 10.7 Å². The molecule has 0 saturated heterocycles. The Kier molecular flexibility index (Phi) is 4.69. The van der Waals surface area contributed by atoms with Gasteiger partial charge in [0.2, 0.25) is 0 Å². The Hall–Kier alpha value is -2.18. The van der Waals surface area contributed by atoms with Crippen LogP contribution in [0.3, 0.4) is 0 Å². The Bertz CT molecular complexity index is 900. The van der Waals surface area contributed by atoms with E-state index in [0.717, 1.165) is 27.5 Å². The van der Waals surface area contributed by atoms with E-state index >= 15 is 0 Å². The van der Waals surface area contributed by atoms with Crippen molar-refractivity contribution < 1.29 is 4.79 Å². The van der Waals surface area contributed by atoms with E-state index in [1.165, 1.54) is 11.3 Å². The average Bonchev–Trinajstić information content (AvgIpc) is 3.11. The molecular weight excluding hydrogens is 344 g/mol. The lowest BCUT2D eigenvalue weighted by molar-refractivity contribution is 0.0940. The number of nitrogens with zero attached hydrogens (tertiary/aromatic N) is 3. The second kappa shape index (κ2) is 6.75. The molecule has 24 heavy (non-hydrogen) atoms. The van der Waals surface area contributed by atoms with Crippen molar-refractivity contribution in [2.45, 2.75) is 20.4 Å². The molecule has 5 nitrogen and oxygen atoms in total. The molecule has 0 aliphatic rings. The topological polar surface area (TPSA) is 59.8 Å². The fourth-order valence-corrected chi connectivity index (χ4v) is 3.62. The minimum absolute atomic E-state index is 0.150. The van der Waals surface area contributed by atoms with Crippen LogP contribution in [0, 0.1) is 13.8 Å². The van der Waals surface area contributed by atoms with Crippen molar-refractivity contribution in [3.63, 3.8) is 0 Å². The normalized spacial score (nSPS) is 10.8. The number of aryl methyl sites for hydroxylation is 2. The Morgan fingerprint density at radius 1 is 1.33 bits per heavy atom. The van der Waals surface area contributed by atoms with Gasteiger partial charge in [-0.15, -0.1) is 11.3 Å². The van der Waals surface area contributed by atoms with Crippen LogP contribution in [0.2, 0.25) is 5.02 Å². The predicted octanol–water partition coefficient (Wildman–Crippen LogP) is 3.74. The Morgan fingerprint density at radius 2 is 2.08 bits per heavy atom. The van der Waals surface area contributed by atoms with Crippen LogP contribution in [-0.4, -0.2) is 20.7 Å². The fourth-order valence-electron chi connectivity index (χ4n) is 2.48. The summed E-state index contributed by atoms with van der Waals surface area (Å²) in [4.78, 5) is 16.9. The lowest BCUT2D eigenvalue weighted by Gasteiger charge is -2.05. The van der Waals surface area contributed by atoms with Crippen molar-refractivity contribution >= 4 is 28.8 Å². The molecule has 0 unspecified atom stereocenters. The molecule has 0 bridgehead atoms. The van der Waals surface area contributed by atoms with Gasteiger partial charge < -0.3 is 5.32 Å². The molecule has 2 aromatic heterocycles. The molecule has 7 heteroatoms. The van der Waals surface area contributed by atoms with Crippen molar-refractivity contribution in [1.29, 1.82) is 0 Å². The van der Waals surface area contributed by atoms with Crippen LogP contribution < -0.4 is 5.32 Å². The van der Waals surface area contributed by atoms with E-state index in [4.69, 9.17) is 11.6 Å². The van der Waals surface area contributed by atoms with Crippen LogP contribution in [0.25, 0.3) is 10.6 Å². The van der Waals surface area contributed by atoms with E-state index in [0.29, 0.717) is 17.3 Å². The first kappa shape index (κ1) is 16.7. The minimum Gasteiger partial charge on any atom is -0.345 e. The van der Waals surface area contributed by atoms with Gasteiger partial charge in [-0.3, -0.25) is 9.48 Å². The summed E-state index contributed by atoms with van der Waals surface area (Å²) in [5.74, 6) is -0.150. The molecule has 124 valence electrons. The number of benzene rings is 1. The average molecular weight is 361 g/mol. The fraction of sp³-hybridized carbons (Fsp3) is 0.235. The highest BCUT2D eigenvalue weighted by Gasteiger charge is 2.17. The lowest BCUT2D eigenvalue weighted by atomic mass is 10.2. The summed E-state index contributed by atoms with van der Waals surface area (Å²) in [6.07, 6.45) is 0. The van der Waals surface area contributed by atoms with Gasteiger partial charge >= 0.3 is 0 Å². The molecule has 3 aromatic rings. The zero-order valence-electron chi connectivity index (χ0n) is 13.6. The summed E-state index contributed by atoms with van der Waals surface area (Å²) >= 11 is 7.71. The SMILES string of the molecule is Cc1nn(C)c(C(=O)NCc2csc(-c3ccccc3Cl)n2)c1C. The summed E-state index contributed by atoms with van der Waals surface area (Å²) in [6, 6.07) is 7.59. The van der Waals surface area contributed by atoms with Crippen LogP contribution in [0.15, 0.2) is 29.6 Å². The van der Waals surface area contributed by atoms with Gasteiger partial charge in [-0.05, 0) is 19.9 Å². The van der Waals surface area contributed by atoms with Gasteiger partial charge in [0.05, 0.1) is 23.0 Å². The quantitative estimate of drug-likeness (QED) is 0.770. The number of thiazole rings is 1. The van der Waals surface area contributed by atoms with Crippen LogP contribution in [-0.2, 0) is 13.6 Å². The molecule has 0 aliphatic carbocycles. The van der Waals surface area contributed by atoms with E-state index in [9.17, 15) is 4.79 Å². The summed E-state index contributed by atoms with van der Waals surface area (Å²) in [5, 5.41) is 10.6. The molecule has 0 spiro atoms. The van der Waals surface area contributed by atoms with Gasteiger partial charge in [-0.2, -0.15) is 5.10 Å². The molecule has 1 N–H and O–H groups in total. The Balaban J connectivity index is 1.72. The molecule has 3 rings (SSSR count). The van der Waals surface area contributed by atoms with Gasteiger partial charge in [-0.1, -0.05) is 29.8 Å². The third-order valence-electron chi connectivity index (χ3n) is 3.82. The summed E-state index contributed by atoms with van der Waals surface area (Å²) in [5.41, 5.74) is 4.04. The van der Waals surface area contributed by atoms with Crippen LogP contribution in [0.5, 0.6) is 0 Å². The summed E-state index contributed by atoms with van der Waals surface area (Å²) < 4.78 is 1.61. The molecular formula is C17H17ClN4OS. The monoisotopic (exact) mass is 360 g/mol. The number of carbonyl (C=O) groups is 1. The summed E-state index contributed by atoms with van der Waals surface area (Å²) in [6.45, 7) is 4.15. The zero-order chi connectivity index (χ0) is 17.3. The maximum Gasteiger partial charge on any atom is 0.270 e. The number of aromatic nitrogens is 3. The molecule has 1 amide bonds. The van der Waals surface area contributed by atoms with Gasteiger partial charge in [-0.25, -0.2) is 4.98 Å². The number of rotatable bonds is 4.